The molecule has 0 fully saturated rings. The van der Waals surface area contributed by atoms with Crippen molar-refractivity contribution in [3.8, 4) is 5.75 Å². The molecular weight excluding hydrogens is 408 g/mol. The Hall–Kier alpha value is -3.15. The highest BCUT2D eigenvalue weighted by atomic mass is 16.6. The van der Waals surface area contributed by atoms with E-state index in [-0.39, 0.29) is 11.3 Å². The highest BCUT2D eigenvalue weighted by Crippen LogP contribution is 2.32. The fourth-order valence-corrected chi connectivity index (χ4v) is 3.23. The van der Waals surface area contributed by atoms with Crippen molar-refractivity contribution in [3.05, 3.63) is 65.2 Å². The van der Waals surface area contributed by atoms with Crippen molar-refractivity contribution in [2.45, 2.75) is 65.6 Å². The molecule has 1 N–H and O–H groups in total. The van der Waals surface area contributed by atoms with Gasteiger partial charge in [-0.3, -0.25) is 9.59 Å². The van der Waals surface area contributed by atoms with E-state index in [1.54, 1.807) is 84.9 Å². The number of benzene rings is 2. The molecule has 2 aromatic rings. The molecule has 0 spiro atoms. The van der Waals surface area contributed by atoms with Crippen LogP contribution >= 0.6 is 0 Å². The first kappa shape index (κ1) is 25.1. The van der Waals surface area contributed by atoms with Crippen LogP contribution in [0.15, 0.2) is 48.5 Å². The molecule has 2 atom stereocenters. The average Bonchev–Trinajstić information content (AvgIpc) is 2.65. The van der Waals surface area contributed by atoms with Gasteiger partial charge in [-0.05, 0) is 71.4 Å². The van der Waals surface area contributed by atoms with E-state index in [4.69, 9.17) is 9.47 Å². The molecule has 0 saturated carbocycles. The predicted molar refractivity (Wildman–Crippen MR) is 122 cm³/mol. The van der Waals surface area contributed by atoms with Crippen LogP contribution in [0.1, 0.15) is 80.7 Å². The van der Waals surface area contributed by atoms with Crippen molar-refractivity contribution < 1.29 is 29.0 Å². The van der Waals surface area contributed by atoms with Crippen LogP contribution in [0.4, 0.5) is 0 Å². The van der Waals surface area contributed by atoms with E-state index >= 15 is 0 Å². The second-order valence-corrected chi connectivity index (χ2v) is 9.81. The third-order valence-electron chi connectivity index (χ3n) is 4.66. The molecule has 0 amide bonds. The number of carbonyl (C=O) groups is 3. The minimum absolute atomic E-state index is 0.0403. The molecule has 0 radical (unpaired) electrons. The topological polar surface area (TPSA) is 89.9 Å². The van der Waals surface area contributed by atoms with Crippen molar-refractivity contribution in [1.82, 2.24) is 0 Å². The Balaban J connectivity index is 2.46. The van der Waals surface area contributed by atoms with E-state index in [2.05, 4.69) is 0 Å². The largest absolute Gasteiger partial charge is 0.507 e. The Morgan fingerprint density at radius 3 is 2.00 bits per heavy atom. The van der Waals surface area contributed by atoms with Crippen LogP contribution in [0, 0.1) is 5.92 Å². The zero-order chi connectivity index (χ0) is 24.3. The Morgan fingerprint density at radius 2 is 1.44 bits per heavy atom. The summed E-state index contributed by atoms with van der Waals surface area (Å²) in [7, 11) is 0. The van der Waals surface area contributed by atoms with E-state index in [9.17, 15) is 19.5 Å². The molecule has 2 aromatic carbocycles. The van der Waals surface area contributed by atoms with Gasteiger partial charge >= 0.3 is 11.9 Å². The number of phenols is 1. The summed E-state index contributed by atoms with van der Waals surface area (Å²) in [5, 5.41) is 10.2. The highest BCUT2D eigenvalue weighted by molar-refractivity contribution is 6.10. The second-order valence-electron chi connectivity index (χ2n) is 9.81. The Kier molecular flexibility index (Phi) is 7.50. The number of ether oxygens (including phenoxy) is 2. The third-order valence-corrected chi connectivity index (χ3v) is 4.66. The van der Waals surface area contributed by atoms with E-state index in [1.807, 2.05) is 0 Å². The highest BCUT2D eigenvalue weighted by Gasteiger charge is 2.38. The molecule has 6 heteroatoms. The number of ketones is 1. The zero-order valence-electron chi connectivity index (χ0n) is 19.8. The Labute approximate surface area is 189 Å². The lowest BCUT2D eigenvalue weighted by atomic mass is 9.81. The molecular formula is C26H32O6. The van der Waals surface area contributed by atoms with Gasteiger partial charge in [0, 0.05) is 5.92 Å². The van der Waals surface area contributed by atoms with E-state index in [0.717, 1.165) is 0 Å². The molecule has 0 bridgehead atoms. The standard InChI is InChI=1S/C26H32O6/c1-16(17-11-10-12-18(15-17)23(29)31-25(2,3)4)21(24(30)32-26(5,6)7)22(28)19-13-8-9-14-20(19)27/h8-16,21,27H,1-7H3. The molecule has 0 aromatic heterocycles. The lowest BCUT2D eigenvalue weighted by molar-refractivity contribution is -0.158. The van der Waals surface area contributed by atoms with Crippen LogP contribution in [-0.4, -0.2) is 34.0 Å². The quantitative estimate of drug-likeness (QED) is 0.373. The van der Waals surface area contributed by atoms with Crippen LogP contribution in [0.5, 0.6) is 5.75 Å². The molecule has 0 aliphatic rings. The van der Waals surface area contributed by atoms with E-state index in [0.29, 0.717) is 11.1 Å². The summed E-state index contributed by atoms with van der Waals surface area (Å²) >= 11 is 0. The van der Waals surface area contributed by atoms with E-state index in [1.165, 1.54) is 12.1 Å². The van der Waals surface area contributed by atoms with Gasteiger partial charge in [-0.15, -0.1) is 0 Å². The number of hydrogen-bond donors (Lipinski definition) is 1. The fraction of sp³-hybridized carbons (Fsp3) is 0.423. The summed E-state index contributed by atoms with van der Waals surface area (Å²) in [4.78, 5) is 39.0. The molecule has 0 aliphatic heterocycles. The van der Waals surface area contributed by atoms with Gasteiger partial charge in [-0.25, -0.2) is 4.79 Å². The first-order valence-electron chi connectivity index (χ1n) is 10.6. The monoisotopic (exact) mass is 440 g/mol. The van der Waals surface area contributed by atoms with Crippen LogP contribution in [-0.2, 0) is 14.3 Å². The summed E-state index contributed by atoms with van der Waals surface area (Å²) < 4.78 is 11.0. The summed E-state index contributed by atoms with van der Waals surface area (Å²) in [6.07, 6.45) is 0. The normalized spacial score (nSPS) is 13.7. The number of aromatic hydroxyl groups is 1. The minimum Gasteiger partial charge on any atom is -0.507 e. The minimum atomic E-state index is -1.21. The molecule has 0 saturated heterocycles. The maximum Gasteiger partial charge on any atom is 0.338 e. The van der Waals surface area contributed by atoms with Gasteiger partial charge in [-0.1, -0.05) is 31.2 Å². The van der Waals surface area contributed by atoms with Crippen molar-refractivity contribution >= 4 is 17.7 Å². The van der Waals surface area contributed by atoms with E-state index < -0.39 is 40.8 Å². The van der Waals surface area contributed by atoms with Gasteiger partial charge < -0.3 is 14.6 Å². The van der Waals surface area contributed by atoms with Gasteiger partial charge in [0.15, 0.2) is 5.78 Å². The summed E-state index contributed by atoms with van der Waals surface area (Å²) in [5.74, 6) is -3.78. The lowest BCUT2D eigenvalue weighted by Gasteiger charge is -2.27. The smallest absolute Gasteiger partial charge is 0.338 e. The van der Waals surface area contributed by atoms with Gasteiger partial charge in [0.2, 0.25) is 0 Å². The zero-order valence-corrected chi connectivity index (χ0v) is 19.8. The number of hydrogen-bond acceptors (Lipinski definition) is 6. The fourth-order valence-electron chi connectivity index (χ4n) is 3.23. The van der Waals surface area contributed by atoms with Gasteiger partial charge in [0.05, 0.1) is 11.1 Å². The number of carbonyl (C=O) groups excluding carboxylic acids is 3. The van der Waals surface area contributed by atoms with Crippen molar-refractivity contribution in [2.75, 3.05) is 0 Å². The lowest BCUT2D eigenvalue weighted by Crippen LogP contribution is -2.36. The van der Waals surface area contributed by atoms with Crippen LogP contribution < -0.4 is 0 Å². The summed E-state index contributed by atoms with van der Waals surface area (Å²) in [6.45, 7) is 12.2. The number of esters is 2. The Morgan fingerprint density at radius 1 is 0.844 bits per heavy atom. The second kappa shape index (κ2) is 9.55. The summed E-state index contributed by atoms with van der Waals surface area (Å²) in [5.41, 5.74) is -0.487. The number of rotatable bonds is 6. The maximum absolute atomic E-state index is 13.4. The van der Waals surface area contributed by atoms with Gasteiger partial charge in [0.1, 0.15) is 22.9 Å². The number of para-hydroxylation sites is 1. The number of Topliss-reactive ketones (excluding diaryl/α,β-unsaturated/α-hetero) is 1. The number of phenolic OH excluding ortho intramolecular Hbond substituents is 1. The average molecular weight is 441 g/mol. The van der Waals surface area contributed by atoms with Crippen LogP contribution in [0.3, 0.4) is 0 Å². The molecule has 2 rings (SSSR count). The first-order valence-corrected chi connectivity index (χ1v) is 10.6. The molecule has 172 valence electrons. The molecule has 0 aliphatic carbocycles. The molecule has 0 heterocycles. The Bertz CT molecular complexity index is 994. The molecule has 32 heavy (non-hydrogen) atoms. The van der Waals surface area contributed by atoms with Gasteiger partial charge in [0.25, 0.3) is 0 Å². The van der Waals surface area contributed by atoms with Crippen LogP contribution in [0.25, 0.3) is 0 Å². The van der Waals surface area contributed by atoms with Gasteiger partial charge in [-0.2, -0.15) is 0 Å². The van der Waals surface area contributed by atoms with Crippen molar-refractivity contribution in [3.63, 3.8) is 0 Å². The SMILES string of the molecule is CC(c1cccc(C(=O)OC(C)(C)C)c1)C(C(=O)OC(C)(C)C)C(=O)c1ccccc1O. The van der Waals surface area contributed by atoms with Crippen molar-refractivity contribution in [2.24, 2.45) is 5.92 Å². The van der Waals surface area contributed by atoms with Crippen LogP contribution in [0.2, 0.25) is 0 Å². The van der Waals surface area contributed by atoms with Crippen molar-refractivity contribution in [1.29, 1.82) is 0 Å². The predicted octanol–water partition coefficient (Wildman–Crippen LogP) is 5.29. The third kappa shape index (κ3) is 6.67. The first-order chi connectivity index (χ1) is 14.7. The molecule has 2 unspecified atom stereocenters. The maximum atomic E-state index is 13.4. The molecule has 6 nitrogen and oxygen atoms in total. The summed E-state index contributed by atoms with van der Waals surface area (Å²) in [6, 6.07) is 12.8.